The van der Waals surface area contributed by atoms with Crippen LogP contribution in [0.5, 0.6) is 0 Å². The lowest BCUT2D eigenvalue weighted by molar-refractivity contribution is -0.114. The lowest BCUT2D eigenvalue weighted by Crippen LogP contribution is -2.19. The maximum absolute atomic E-state index is 12.1. The zero-order chi connectivity index (χ0) is 16.0. The third-order valence-corrected chi connectivity index (χ3v) is 5.35. The van der Waals surface area contributed by atoms with Crippen LogP contribution < -0.4 is 0 Å². The third-order valence-electron chi connectivity index (χ3n) is 4.34. The first-order valence-corrected chi connectivity index (χ1v) is 9.06. The molecule has 0 radical (unpaired) electrons. The molecule has 0 aliphatic heterocycles. The van der Waals surface area contributed by atoms with Gasteiger partial charge >= 0.3 is 0 Å². The number of hydrogen-bond acceptors (Lipinski definition) is 2. The SMILES string of the molecule is CC1=C(/C=C/C(=O)CCSc2ccccc2)C(C)(C)CCC1. The van der Waals surface area contributed by atoms with Gasteiger partial charge in [0.25, 0.3) is 0 Å². The van der Waals surface area contributed by atoms with E-state index >= 15 is 0 Å². The van der Waals surface area contributed by atoms with Crippen LogP contribution in [0, 0.1) is 5.41 Å². The van der Waals surface area contributed by atoms with Crippen molar-refractivity contribution in [1.29, 1.82) is 0 Å². The Balaban J connectivity index is 1.86. The van der Waals surface area contributed by atoms with E-state index < -0.39 is 0 Å². The van der Waals surface area contributed by atoms with Crippen molar-refractivity contribution < 1.29 is 4.79 Å². The van der Waals surface area contributed by atoms with E-state index in [9.17, 15) is 4.79 Å². The Kier molecular flexibility index (Phi) is 6.07. The number of benzene rings is 1. The molecular weight excluding hydrogens is 288 g/mol. The van der Waals surface area contributed by atoms with Crippen LogP contribution in [0.4, 0.5) is 0 Å². The van der Waals surface area contributed by atoms with Crippen LogP contribution in [0.15, 0.2) is 58.5 Å². The van der Waals surface area contributed by atoms with E-state index in [4.69, 9.17) is 0 Å². The van der Waals surface area contributed by atoms with E-state index in [1.54, 1.807) is 17.8 Å². The molecule has 0 saturated heterocycles. The Bertz CT molecular complexity index is 567. The third kappa shape index (κ3) is 4.88. The summed E-state index contributed by atoms with van der Waals surface area (Å²) in [6.07, 6.45) is 8.10. The average Bonchev–Trinajstić information content (AvgIpc) is 2.47. The Morgan fingerprint density at radius 2 is 2.00 bits per heavy atom. The quantitative estimate of drug-likeness (QED) is 0.486. The molecule has 0 bridgehead atoms. The molecule has 1 aromatic carbocycles. The smallest absolute Gasteiger partial charge is 0.156 e. The molecule has 0 atom stereocenters. The molecule has 1 aromatic rings. The molecule has 0 spiro atoms. The predicted molar refractivity (Wildman–Crippen MR) is 96.3 cm³/mol. The number of allylic oxidation sites excluding steroid dienone is 4. The number of carbonyl (C=O) groups excluding carboxylic acids is 1. The highest BCUT2D eigenvalue weighted by Gasteiger charge is 2.26. The van der Waals surface area contributed by atoms with Gasteiger partial charge < -0.3 is 0 Å². The minimum absolute atomic E-state index is 0.206. The lowest BCUT2D eigenvalue weighted by atomic mass is 9.72. The fraction of sp³-hybridized carbons (Fsp3) is 0.450. The first-order valence-electron chi connectivity index (χ1n) is 8.08. The molecule has 1 aliphatic rings. The molecule has 118 valence electrons. The van der Waals surface area contributed by atoms with Gasteiger partial charge in [-0.25, -0.2) is 0 Å². The van der Waals surface area contributed by atoms with Crippen molar-refractivity contribution in [2.75, 3.05) is 5.75 Å². The molecule has 0 fully saturated rings. The monoisotopic (exact) mass is 314 g/mol. The van der Waals surface area contributed by atoms with Crippen molar-refractivity contribution in [1.82, 2.24) is 0 Å². The molecule has 0 heterocycles. The first kappa shape index (κ1) is 17.1. The van der Waals surface area contributed by atoms with Crippen LogP contribution in [0.3, 0.4) is 0 Å². The summed E-state index contributed by atoms with van der Waals surface area (Å²) in [5, 5.41) is 0. The van der Waals surface area contributed by atoms with Gasteiger partial charge in [0.1, 0.15) is 0 Å². The Hall–Kier alpha value is -1.28. The molecule has 22 heavy (non-hydrogen) atoms. The van der Waals surface area contributed by atoms with Crippen LogP contribution >= 0.6 is 11.8 Å². The summed E-state index contributed by atoms with van der Waals surface area (Å²) in [7, 11) is 0. The highest BCUT2D eigenvalue weighted by atomic mass is 32.2. The fourth-order valence-electron chi connectivity index (χ4n) is 3.06. The molecule has 1 aliphatic carbocycles. The van der Waals surface area contributed by atoms with Crippen molar-refractivity contribution in [2.45, 2.75) is 51.3 Å². The van der Waals surface area contributed by atoms with Gasteiger partial charge in [-0.2, -0.15) is 0 Å². The number of carbonyl (C=O) groups is 1. The van der Waals surface area contributed by atoms with Gasteiger partial charge in [-0.15, -0.1) is 11.8 Å². The zero-order valence-corrected chi connectivity index (χ0v) is 14.7. The highest BCUT2D eigenvalue weighted by molar-refractivity contribution is 7.99. The number of hydrogen-bond donors (Lipinski definition) is 0. The van der Waals surface area contributed by atoms with E-state index in [1.165, 1.54) is 35.3 Å². The van der Waals surface area contributed by atoms with E-state index in [-0.39, 0.29) is 11.2 Å². The van der Waals surface area contributed by atoms with Crippen molar-refractivity contribution in [2.24, 2.45) is 5.41 Å². The van der Waals surface area contributed by atoms with Crippen LogP contribution in [0.2, 0.25) is 0 Å². The van der Waals surface area contributed by atoms with Crippen molar-refractivity contribution in [3.63, 3.8) is 0 Å². The number of rotatable bonds is 6. The van der Waals surface area contributed by atoms with Crippen LogP contribution in [0.25, 0.3) is 0 Å². The fourth-order valence-corrected chi connectivity index (χ4v) is 3.94. The van der Waals surface area contributed by atoms with Gasteiger partial charge in [0.05, 0.1) is 0 Å². The minimum atomic E-state index is 0.206. The van der Waals surface area contributed by atoms with Gasteiger partial charge in [0.15, 0.2) is 5.78 Å². The van der Waals surface area contributed by atoms with Gasteiger partial charge in [-0.05, 0) is 55.4 Å². The van der Waals surface area contributed by atoms with E-state index in [0.29, 0.717) is 6.42 Å². The molecular formula is C20H26OS. The largest absolute Gasteiger partial charge is 0.295 e. The summed E-state index contributed by atoms with van der Waals surface area (Å²) in [5.41, 5.74) is 3.01. The van der Waals surface area contributed by atoms with Crippen molar-refractivity contribution >= 4 is 17.5 Å². The second-order valence-electron chi connectivity index (χ2n) is 6.64. The molecule has 0 saturated carbocycles. The summed E-state index contributed by atoms with van der Waals surface area (Å²) in [6, 6.07) is 10.3. The molecule has 0 N–H and O–H groups in total. The summed E-state index contributed by atoms with van der Waals surface area (Å²) < 4.78 is 0. The first-order chi connectivity index (χ1) is 10.5. The van der Waals surface area contributed by atoms with Crippen LogP contribution in [0.1, 0.15) is 46.5 Å². The van der Waals surface area contributed by atoms with Gasteiger partial charge in [0.2, 0.25) is 0 Å². The van der Waals surface area contributed by atoms with Crippen molar-refractivity contribution in [3.05, 3.63) is 53.6 Å². The summed E-state index contributed by atoms with van der Waals surface area (Å²) in [4.78, 5) is 13.3. The number of ketones is 1. The van der Waals surface area contributed by atoms with E-state index in [2.05, 4.69) is 39.0 Å². The highest BCUT2D eigenvalue weighted by Crippen LogP contribution is 2.40. The molecule has 2 heteroatoms. The Morgan fingerprint density at radius 3 is 2.68 bits per heavy atom. The topological polar surface area (TPSA) is 17.1 Å². The second-order valence-corrected chi connectivity index (χ2v) is 7.81. The lowest BCUT2D eigenvalue weighted by Gasteiger charge is -2.32. The standard InChI is InChI=1S/C20H26OS/c1-16-8-7-14-20(2,3)19(16)12-11-17(21)13-15-22-18-9-5-4-6-10-18/h4-6,9-12H,7-8,13-15H2,1-3H3/b12-11+. The zero-order valence-electron chi connectivity index (χ0n) is 13.9. The average molecular weight is 314 g/mol. The van der Waals surface area contributed by atoms with Crippen LogP contribution in [-0.4, -0.2) is 11.5 Å². The summed E-state index contributed by atoms with van der Waals surface area (Å²) in [6.45, 7) is 6.77. The summed E-state index contributed by atoms with van der Waals surface area (Å²) in [5.74, 6) is 1.07. The molecule has 0 aromatic heterocycles. The van der Waals surface area contributed by atoms with Gasteiger partial charge in [0, 0.05) is 17.1 Å². The Labute approximate surface area is 138 Å². The summed E-state index contributed by atoms with van der Waals surface area (Å²) >= 11 is 1.74. The van der Waals surface area contributed by atoms with E-state index in [1.807, 2.05) is 18.2 Å². The van der Waals surface area contributed by atoms with Crippen molar-refractivity contribution in [3.8, 4) is 0 Å². The normalized spacial score (nSPS) is 18.0. The molecule has 1 nitrogen and oxygen atoms in total. The van der Waals surface area contributed by atoms with Crippen LogP contribution in [-0.2, 0) is 4.79 Å². The van der Waals surface area contributed by atoms with Gasteiger partial charge in [-0.3, -0.25) is 4.79 Å². The van der Waals surface area contributed by atoms with Gasteiger partial charge in [-0.1, -0.05) is 43.7 Å². The maximum Gasteiger partial charge on any atom is 0.156 e. The van der Waals surface area contributed by atoms with E-state index in [0.717, 1.165) is 5.75 Å². The molecule has 0 unspecified atom stereocenters. The number of thioether (sulfide) groups is 1. The molecule has 2 rings (SSSR count). The minimum Gasteiger partial charge on any atom is -0.295 e. The Morgan fingerprint density at radius 1 is 1.27 bits per heavy atom. The maximum atomic E-state index is 12.1. The predicted octanol–water partition coefficient (Wildman–Crippen LogP) is 5.82. The second kappa shape index (κ2) is 7.82. The molecule has 0 amide bonds.